The summed E-state index contributed by atoms with van der Waals surface area (Å²) in [5.74, 6) is -0.377. The van der Waals surface area contributed by atoms with Crippen LogP contribution in [-0.4, -0.2) is 27.7 Å². The highest BCUT2D eigenvalue weighted by molar-refractivity contribution is 7.80. The Hall–Kier alpha value is -3.68. The fourth-order valence-corrected chi connectivity index (χ4v) is 5.43. The molecule has 1 saturated heterocycles. The van der Waals surface area contributed by atoms with E-state index in [1.807, 2.05) is 67.6 Å². The van der Waals surface area contributed by atoms with Crippen molar-refractivity contribution in [2.45, 2.75) is 25.9 Å². The van der Waals surface area contributed by atoms with Gasteiger partial charge in [-0.05, 0) is 86.2 Å². The summed E-state index contributed by atoms with van der Waals surface area (Å²) in [7, 11) is 1.40. The van der Waals surface area contributed by atoms with Gasteiger partial charge >= 0.3 is 5.97 Å². The number of aromatic nitrogens is 2. The second kappa shape index (κ2) is 9.76. The van der Waals surface area contributed by atoms with E-state index in [0.29, 0.717) is 15.7 Å². The molecule has 0 saturated carbocycles. The Morgan fingerprint density at radius 1 is 1.06 bits per heavy atom. The van der Waals surface area contributed by atoms with E-state index in [0.717, 1.165) is 34.0 Å². The van der Waals surface area contributed by atoms with E-state index in [9.17, 15) is 4.79 Å². The number of aryl methyl sites for hydroxylation is 1. The van der Waals surface area contributed by atoms with Crippen LogP contribution in [0.15, 0.2) is 79.0 Å². The maximum Gasteiger partial charge on any atom is 0.339 e. The highest BCUT2D eigenvalue weighted by Crippen LogP contribution is 2.44. The molecule has 182 valence electrons. The third-order valence-electron chi connectivity index (χ3n) is 6.54. The van der Waals surface area contributed by atoms with Crippen molar-refractivity contribution in [1.82, 2.24) is 14.9 Å². The number of hydrogen-bond donors (Lipinski definition) is 1. The minimum Gasteiger partial charge on any atom is -0.465 e. The van der Waals surface area contributed by atoms with Gasteiger partial charge in [-0.2, -0.15) is 0 Å². The molecule has 0 unspecified atom stereocenters. The van der Waals surface area contributed by atoms with Gasteiger partial charge in [0.05, 0.1) is 36.1 Å². The predicted molar refractivity (Wildman–Crippen MR) is 146 cm³/mol. The number of hydrogen-bond acceptors (Lipinski definition) is 4. The van der Waals surface area contributed by atoms with Gasteiger partial charge in [0.1, 0.15) is 0 Å². The first kappa shape index (κ1) is 24.0. The van der Waals surface area contributed by atoms with E-state index in [-0.39, 0.29) is 18.1 Å². The SMILES string of the molecule is COC(=O)c1ccccc1-n1c(C)cc([C@@H]2[C@@H](c3ccccn3)NC(=S)N2c2ccc(Cl)cc2)c1C. The first-order valence-corrected chi connectivity index (χ1v) is 12.3. The van der Waals surface area contributed by atoms with E-state index in [4.69, 9.17) is 28.6 Å². The summed E-state index contributed by atoms with van der Waals surface area (Å²) >= 11 is 12.0. The van der Waals surface area contributed by atoms with E-state index >= 15 is 0 Å². The Kier molecular flexibility index (Phi) is 6.51. The summed E-state index contributed by atoms with van der Waals surface area (Å²) < 4.78 is 7.15. The Bertz CT molecular complexity index is 1440. The third-order valence-corrected chi connectivity index (χ3v) is 7.11. The van der Waals surface area contributed by atoms with Gasteiger partial charge in [-0.1, -0.05) is 29.8 Å². The zero-order chi connectivity index (χ0) is 25.4. The summed E-state index contributed by atoms with van der Waals surface area (Å²) in [6.07, 6.45) is 1.79. The molecular weight excluding hydrogens is 492 g/mol. The molecule has 4 aromatic rings. The Labute approximate surface area is 220 Å². The molecule has 0 aliphatic carbocycles. The molecule has 1 aliphatic heterocycles. The molecule has 0 radical (unpaired) electrons. The minimum absolute atomic E-state index is 0.181. The number of rotatable bonds is 5. The van der Waals surface area contributed by atoms with Crippen molar-refractivity contribution in [1.29, 1.82) is 0 Å². The summed E-state index contributed by atoms with van der Waals surface area (Å²) in [4.78, 5) is 19.3. The molecule has 0 bridgehead atoms. The molecule has 2 aromatic heterocycles. The van der Waals surface area contributed by atoms with Crippen molar-refractivity contribution in [2.24, 2.45) is 0 Å². The average molecular weight is 517 g/mol. The lowest BCUT2D eigenvalue weighted by atomic mass is 9.96. The van der Waals surface area contributed by atoms with Crippen LogP contribution in [-0.2, 0) is 4.74 Å². The van der Waals surface area contributed by atoms with Crippen molar-refractivity contribution in [3.63, 3.8) is 0 Å². The number of halogens is 1. The molecular formula is C28H25ClN4O2S. The number of ether oxygens (including phenoxy) is 1. The van der Waals surface area contributed by atoms with Crippen LogP contribution in [0.3, 0.4) is 0 Å². The van der Waals surface area contributed by atoms with Gasteiger partial charge in [-0.25, -0.2) is 4.79 Å². The fourth-order valence-electron chi connectivity index (χ4n) is 4.96. The van der Waals surface area contributed by atoms with Gasteiger partial charge in [0.25, 0.3) is 0 Å². The van der Waals surface area contributed by atoms with Gasteiger partial charge < -0.3 is 19.5 Å². The first-order chi connectivity index (χ1) is 17.4. The number of carbonyl (C=O) groups excluding carboxylic acids is 1. The van der Waals surface area contributed by atoms with Crippen LogP contribution < -0.4 is 10.2 Å². The molecule has 1 N–H and O–H groups in total. The Morgan fingerprint density at radius 2 is 1.78 bits per heavy atom. The molecule has 36 heavy (non-hydrogen) atoms. The third kappa shape index (κ3) is 4.14. The van der Waals surface area contributed by atoms with Crippen LogP contribution in [0.1, 0.15) is 45.1 Å². The average Bonchev–Trinajstić information content (AvgIpc) is 3.39. The molecule has 3 heterocycles. The topological polar surface area (TPSA) is 59.4 Å². The predicted octanol–water partition coefficient (Wildman–Crippen LogP) is 6.11. The number of para-hydroxylation sites is 1. The maximum absolute atomic E-state index is 12.5. The molecule has 2 aromatic carbocycles. The number of pyridine rings is 1. The van der Waals surface area contributed by atoms with Crippen LogP contribution in [0.2, 0.25) is 5.02 Å². The van der Waals surface area contributed by atoms with Crippen LogP contribution in [0.4, 0.5) is 5.69 Å². The Balaban J connectivity index is 1.69. The summed E-state index contributed by atoms with van der Waals surface area (Å²) in [5.41, 5.74) is 6.16. The number of esters is 1. The number of carbonyl (C=O) groups is 1. The van der Waals surface area contributed by atoms with Gasteiger partial charge in [0.2, 0.25) is 0 Å². The van der Waals surface area contributed by atoms with Gasteiger partial charge in [0, 0.05) is 28.3 Å². The lowest BCUT2D eigenvalue weighted by Gasteiger charge is -2.28. The van der Waals surface area contributed by atoms with Gasteiger partial charge in [-0.15, -0.1) is 0 Å². The van der Waals surface area contributed by atoms with Crippen LogP contribution in [0.5, 0.6) is 0 Å². The first-order valence-electron chi connectivity index (χ1n) is 11.5. The molecule has 5 rings (SSSR count). The number of thiocarbonyl (C=S) groups is 1. The zero-order valence-electron chi connectivity index (χ0n) is 20.1. The fraction of sp³-hybridized carbons (Fsp3) is 0.179. The largest absolute Gasteiger partial charge is 0.465 e. The highest BCUT2D eigenvalue weighted by Gasteiger charge is 2.42. The van der Waals surface area contributed by atoms with Crippen molar-refractivity contribution >= 4 is 40.6 Å². The monoisotopic (exact) mass is 516 g/mol. The van der Waals surface area contributed by atoms with Crippen LogP contribution >= 0.6 is 23.8 Å². The number of benzene rings is 2. The molecule has 2 atom stereocenters. The number of methoxy groups -OCH3 is 1. The summed E-state index contributed by atoms with van der Waals surface area (Å²) in [5, 5.41) is 4.76. The van der Waals surface area contributed by atoms with E-state index in [2.05, 4.69) is 32.8 Å². The number of anilines is 1. The summed E-state index contributed by atoms with van der Waals surface area (Å²) in [6.45, 7) is 4.10. The normalized spacial score (nSPS) is 17.2. The summed E-state index contributed by atoms with van der Waals surface area (Å²) in [6, 6.07) is 22.8. The van der Waals surface area contributed by atoms with E-state index < -0.39 is 0 Å². The smallest absolute Gasteiger partial charge is 0.339 e. The van der Waals surface area contributed by atoms with Crippen molar-refractivity contribution in [3.8, 4) is 5.69 Å². The minimum atomic E-state index is -0.377. The Morgan fingerprint density at radius 3 is 2.47 bits per heavy atom. The molecule has 8 heteroatoms. The van der Waals surface area contributed by atoms with Gasteiger partial charge in [0.15, 0.2) is 5.11 Å². The van der Waals surface area contributed by atoms with E-state index in [1.165, 1.54) is 7.11 Å². The number of nitrogens with one attached hydrogen (secondary N) is 1. The lowest BCUT2D eigenvalue weighted by Crippen LogP contribution is -2.29. The van der Waals surface area contributed by atoms with Crippen molar-refractivity contribution < 1.29 is 9.53 Å². The van der Waals surface area contributed by atoms with E-state index in [1.54, 1.807) is 12.3 Å². The molecule has 6 nitrogen and oxygen atoms in total. The molecule has 1 fully saturated rings. The van der Waals surface area contributed by atoms with Crippen LogP contribution in [0.25, 0.3) is 5.69 Å². The molecule has 0 spiro atoms. The quantitative estimate of drug-likeness (QED) is 0.255. The van der Waals surface area contributed by atoms with Crippen molar-refractivity contribution in [2.75, 3.05) is 12.0 Å². The van der Waals surface area contributed by atoms with Crippen LogP contribution in [0, 0.1) is 13.8 Å². The number of nitrogens with zero attached hydrogens (tertiary/aromatic N) is 3. The lowest BCUT2D eigenvalue weighted by molar-refractivity contribution is 0.0600. The van der Waals surface area contributed by atoms with Crippen molar-refractivity contribution in [3.05, 3.63) is 112 Å². The maximum atomic E-state index is 12.5. The molecule has 0 amide bonds. The second-order valence-electron chi connectivity index (χ2n) is 8.64. The molecule has 1 aliphatic rings. The highest BCUT2D eigenvalue weighted by atomic mass is 35.5. The second-order valence-corrected chi connectivity index (χ2v) is 9.47. The zero-order valence-corrected chi connectivity index (χ0v) is 21.7. The van der Waals surface area contributed by atoms with Gasteiger partial charge in [-0.3, -0.25) is 4.98 Å². The standard InChI is InChI=1S/C28H25ClN4O2S/c1-17-16-22(18(2)32(17)24-10-5-4-8-21(24)27(34)35-3)26-25(23-9-6-7-15-30-23)31-28(36)33(26)20-13-11-19(29)12-14-20/h4-16,25-26H,1-3H3,(H,31,36)/t25-,26-/m1/s1.